The first-order chi connectivity index (χ1) is 7.39. The van der Waals surface area contributed by atoms with Crippen LogP contribution in [0.2, 0.25) is 0 Å². The van der Waals surface area contributed by atoms with E-state index in [4.69, 9.17) is 4.74 Å². The summed E-state index contributed by atoms with van der Waals surface area (Å²) in [7, 11) is 0. The van der Waals surface area contributed by atoms with Crippen LogP contribution in [0.1, 0.15) is 40.0 Å². The highest BCUT2D eigenvalue weighted by Crippen LogP contribution is 2.47. The van der Waals surface area contributed by atoms with Crippen LogP contribution in [-0.2, 0) is 4.74 Å². The van der Waals surface area contributed by atoms with E-state index in [1.165, 1.54) is 12.8 Å². The lowest BCUT2D eigenvalue weighted by molar-refractivity contribution is -0.0333. The van der Waals surface area contributed by atoms with Crippen LogP contribution in [0.5, 0.6) is 0 Å². The van der Waals surface area contributed by atoms with Crippen molar-refractivity contribution in [3.8, 4) is 0 Å². The van der Waals surface area contributed by atoms with Gasteiger partial charge in [-0.15, -0.1) is 0 Å². The Morgan fingerprint density at radius 2 is 2.06 bits per heavy atom. The monoisotopic (exact) mass is 227 g/mol. The molecule has 1 aliphatic heterocycles. The summed E-state index contributed by atoms with van der Waals surface area (Å²) in [6.45, 7) is 10.2. The fraction of sp³-hybridized carbons (Fsp3) is 1.00. The third kappa shape index (κ3) is 3.44. The normalized spacial score (nSPS) is 29.6. The van der Waals surface area contributed by atoms with Crippen molar-refractivity contribution in [2.75, 3.05) is 26.2 Å². The smallest absolute Gasteiger partial charge is 0.0679 e. The van der Waals surface area contributed by atoms with Gasteiger partial charge in [0.05, 0.1) is 18.3 Å². The van der Waals surface area contributed by atoms with Gasteiger partial charge in [-0.1, -0.05) is 0 Å². The Hall–Kier alpha value is -0.120. The topological polar surface area (TPSA) is 32.7 Å². The molecule has 2 fully saturated rings. The molecule has 1 saturated heterocycles. The molecule has 0 aromatic heterocycles. The molecular formula is C13H25NO2. The lowest BCUT2D eigenvalue weighted by Gasteiger charge is -2.27. The van der Waals surface area contributed by atoms with Gasteiger partial charge in [-0.05, 0) is 40.0 Å². The summed E-state index contributed by atoms with van der Waals surface area (Å²) in [5, 5.41) is 9.50. The van der Waals surface area contributed by atoms with Crippen LogP contribution in [0.15, 0.2) is 0 Å². The quantitative estimate of drug-likeness (QED) is 0.792. The van der Waals surface area contributed by atoms with Gasteiger partial charge in [0, 0.05) is 25.0 Å². The molecule has 0 amide bonds. The van der Waals surface area contributed by atoms with Crippen LogP contribution >= 0.6 is 0 Å². The maximum Gasteiger partial charge on any atom is 0.0679 e. The van der Waals surface area contributed by atoms with Crippen LogP contribution in [0.4, 0.5) is 0 Å². The van der Waals surface area contributed by atoms with Crippen molar-refractivity contribution in [3.05, 3.63) is 0 Å². The average Bonchev–Trinajstić information content (AvgIpc) is 2.80. The minimum Gasteiger partial charge on any atom is -0.392 e. The largest absolute Gasteiger partial charge is 0.392 e. The Morgan fingerprint density at radius 1 is 1.38 bits per heavy atom. The second kappa shape index (κ2) is 4.28. The maximum atomic E-state index is 9.50. The molecule has 3 heteroatoms. The molecule has 1 heterocycles. The third-order valence-corrected chi connectivity index (χ3v) is 3.57. The molecule has 2 aliphatic rings. The zero-order valence-electron chi connectivity index (χ0n) is 10.8. The van der Waals surface area contributed by atoms with Gasteiger partial charge in [-0.2, -0.15) is 0 Å². The number of ether oxygens (including phenoxy) is 1. The lowest BCUT2D eigenvalue weighted by atomic mass is 10.1. The van der Waals surface area contributed by atoms with Crippen LogP contribution in [-0.4, -0.2) is 48.0 Å². The molecule has 2 rings (SSSR count). The van der Waals surface area contributed by atoms with E-state index in [1.807, 2.05) is 0 Å². The molecule has 0 aromatic carbocycles. The number of nitrogens with zero attached hydrogens (tertiary/aromatic N) is 1. The fourth-order valence-corrected chi connectivity index (χ4v) is 2.32. The molecule has 1 atom stereocenters. The molecule has 3 nitrogen and oxygen atoms in total. The van der Waals surface area contributed by atoms with Crippen LogP contribution in [0, 0.1) is 5.41 Å². The summed E-state index contributed by atoms with van der Waals surface area (Å²) in [5.74, 6) is 0. The van der Waals surface area contributed by atoms with E-state index in [2.05, 4.69) is 25.7 Å². The molecule has 16 heavy (non-hydrogen) atoms. The van der Waals surface area contributed by atoms with Crippen LogP contribution in [0.25, 0.3) is 0 Å². The molecule has 1 aliphatic carbocycles. The Morgan fingerprint density at radius 3 is 2.50 bits per heavy atom. The predicted octanol–water partition coefficient (Wildman–Crippen LogP) is 1.65. The third-order valence-electron chi connectivity index (χ3n) is 3.57. The minimum absolute atomic E-state index is 0.0277. The SMILES string of the molecule is CC(C)(C)OCC1(CN2CC[C@@H](O)C2)CC1. The first-order valence-electron chi connectivity index (χ1n) is 6.43. The van der Waals surface area contributed by atoms with Crippen molar-refractivity contribution >= 4 is 0 Å². The second-order valence-electron chi connectivity index (χ2n) is 6.58. The van der Waals surface area contributed by atoms with Gasteiger partial charge in [0.2, 0.25) is 0 Å². The Bertz CT molecular complexity index is 243. The minimum atomic E-state index is -0.0978. The Kier molecular flexibility index (Phi) is 3.30. The number of aliphatic hydroxyl groups is 1. The average molecular weight is 227 g/mol. The summed E-state index contributed by atoms with van der Waals surface area (Å²) in [6, 6.07) is 0. The van der Waals surface area contributed by atoms with Crippen molar-refractivity contribution in [1.82, 2.24) is 4.90 Å². The Labute approximate surface area is 98.8 Å². The fourth-order valence-electron chi connectivity index (χ4n) is 2.32. The van der Waals surface area contributed by atoms with Crippen LogP contribution in [0.3, 0.4) is 0 Å². The van der Waals surface area contributed by atoms with Gasteiger partial charge in [0.25, 0.3) is 0 Å². The van der Waals surface area contributed by atoms with E-state index in [9.17, 15) is 5.11 Å². The van der Waals surface area contributed by atoms with E-state index in [1.54, 1.807) is 0 Å². The summed E-state index contributed by atoms with van der Waals surface area (Å²) >= 11 is 0. The number of likely N-dealkylation sites (tertiary alicyclic amines) is 1. The summed E-state index contributed by atoms with van der Waals surface area (Å²) in [6.07, 6.45) is 3.42. The van der Waals surface area contributed by atoms with Crippen molar-refractivity contribution < 1.29 is 9.84 Å². The molecule has 0 radical (unpaired) electrons. The van der Waals surface area contributed by atoms with E-state index in [0.717, 1.165) is 32.7 Å². The standard InChI is InChI=1S/C13H25NO2/c1-12(2,3)16-10-13(5-6-13)9-14-7-4-11(15)8-14/h11,15H,4-10H2,1-3H3/t11-/m1/s1. The predicted molar refractivity (Wildman–Crippen MR) is 64.4 cm³/mol. The Balaban J connectivity index is 1.76. The number of hydrogen-bond acceptors (Lipinski definition) is 3. The van der Waals surface area contributed by atoms with Gasteiger partial charge in [-0.3, -0.25) is 0 Å². The van der Waals surface area contributed by atoms with Crippen molar-refractivity contribution in [3.63, 3.8) is 0 Å². The number of β-amino-alcohol motifs (C(OH)–C–C–N with tert-alkyl or cyclic N) is 1. The molecule has 0 bridgehead atoms. The highest BCUT2D eigenvalue weighted by atomic mass is 16.5. The zero-order chi connectivity index (χ0) is 11.8. The van der Waals surface area contributed by atoms with E-state index in [0.29, 0.717) is 5.41 Å². The van der Waals surface area contributed by atoms with E-state index in [-0.39, 0.29) is 11.7 Å². The highest BCUT2D eigenvalue weighted by Gasteiger charge is 2.45. The summed E-state index contributed by atoms with van der Waals surface area (Å²) in [4.78, 5) is 2.39. The van der Waals surface area contributed by atoms with Crippen molar-refractivity contribution in [2.45, 2.75) is 51.7 Å². The van der Waals surface area contributed by atoms with Crippen LogP contribution < -0.4 is 0 Å². The molecule has 0 spiro atoms. The first-order valence-corrected chi connectivity index (χ1v) is 6.43. The van der Waals surface area contributed by atoms with Gasteiger partial charge in [0.15, 0.2) is 0 Å². The first kappa shape index (κ1) is 12.3. The maximum absolute atomic E-state index is 9.50. The summed E-state index contributed by atoms with van der Waals surface area (Å²) < 4.78 is 5.90. The van der Waals surface area contributed by atoms with Gasteiger partial charge in [-0.25, -0.2) is 0 Å². The van der Waals surface area contributed by atoms with Crippen molar-refractivity contribution in [1.29, 1.82) is 0 Å². The molecule has 1 N–H and O–H groups in total. The van der Waals surface area contributed by atoms with Gasteiger partial charge >= 0.3 is 0 Å². The molecule has 94 valence electrons. The number of rotatable bonds is 4. The zero-order valence-corrected chi connectivity index (χ0v) is 10.8. The van der Waals surface area contributed by atoms with Crippen molar-refractivity contribution in [2.24, 2.45) is 5.41 Å². The molecule has 0 unspecified atom stereocenters. The van der Waals surface area contributed by atoms with Gasteiger partial charge in [0.1, 0.15) is 0 Å². The second-order valence-corrected chi connectivity index (χ2v) is 6.58. The summed E-state index contributed by atoms with van der Waals surface area (Å²) in [5.41, 5.74) is 0.372. The van der Waals surface area contributed by atoms with E-state index < -0.39 is 0 Å². The highest BCUT2D eigenvalue weighted by molar-refractivity contribution is 4.97. The number of hydrogen-bond donors (Lipinski definition) is 1. The van der Waals surface area contributed by atoms with E-state index >= 15 is 0 Å². The van der Waals surface area contributed by atoms with Gasteiger partial charge < -0.3 is 14.7 Å². The molecule has 1 saturated carbocycles. The molecular weight excluding hydrogens is 202 g/mol. The lowest BCUT2D eigenvalue weighted by Crippen LogP contribution is -2.34. The molecule has 0 aromatic rings. The number of aliphatic hydroxyl groups excluding tert-OH is 1.